The number of nitrogens with one attached hydrogen (secondary N) is 1. The minimum Gasteiger partial charge on any atom is -0.441 e. The van der Waals surface area contributed by atoms with Crippen LogP contribution in [0.3, 0.4) is 0 Å². The van der Waals surface area contributed by atoms with Crippen LogP contribution in [0.4, 0.5) is 8.78 Å². The molecule has 0 aliphatic carbocycles. The molecule has 1 N–H and O–H groups in total. The Balaban J connectivity index is 2.05. The molecule has 0 bridgehead atoms. The number of nitrogens with zero attached hydrogens (tertiary/aromatic N) is 1. The zero-order valence-electron chi connectivity index (χ0n) is 10.9. The largest absolute Gasteiger partial charge is 0.441 e. The number of hydrogen-bond donors (Lipinski definition) is 1. The van der Waals surface area contributed by atoms with Gasteiger partial charge in [-0.2, -0.15) is 0 Å². The molecule has 3 nitrogen and oxygen atoms in total. The first-order valence-electron chi connectivity index (χ1n) is 6.20. The lowest BCUT2D eigenvalue weighted by Crippen LogP contribution is -2.24. The van der Waals surface area contributed by atoms with Crippen LogP contribution < -0.4 is 5.32 Å². The highest BCUT2D eigenvalue weighted by Gasteiger charge is 2.09. The molecule has 0 unspecified atom stereocenters. The van der Waals surface area contributed by atoms with Crippen molar-refractivity contribution in [1.29, 1.82) is 0 Å². The molecule has 19 heavy (non-hydrogen) atoms. The second-order valence-electron chi connectivity index (χ2n) is 4.61. The molecule has 0 spiro atoms. The van der Waals surface area contributed by atoms with Gasteiger partial charge in [0.2, 0.25) is 0 Å². The summed E-state index contributed by atoms with van der Waals surface area (Å²) in [5.41, 5.74) is 0.481. The van der Waals surface area contributed by atoms with E-state index in [1.807, 2.05) is 0 Å². The molecular weight excluding hydrogens is 250 g/mol. The molecule has 0 fully saturated rings. The summed E-state index contributed by atoms with van der Waals surface area (Å²) in [6.45, 7) is 4.87. The number of oxazole rings is 1. The summed E-state index contributed by atoms with van der Waals surface area (Å²) in [5.74, 6) is -0.743. The van der Waals surface area contributed by atoms with E-state index in [2.05, 4.69) is 24.1 Å². The number of rotatable bonds is 5. The van der Waals surface area contributed by atoms with Crippen LogP contribution in [0.25, 0.3) is 11.3 Å². The van der Waals surface area contributed by atoms with Gasteiger partial charge in [0.15, 0.2) is 23.3 Å². The fourth-order valence-corrected chi connectivity index (χ4v) is 1.68. The maximum absolute atomic E-state index is 13.1. The SMILES string of the molecule is CC(C)NCCc1ncc(-c2ccc(F)c(F)c2)o1. The number of halogens is 2. The smallest absolute Gasteiger partial charge is 0.196 e. The third kappa shape index (κ3) is 3.61. The Morgan fingerprint density at radius 3 is 2.74 bits per heavy atom. The van der Waals surface area contributed by atoms with Gasteiger partial charge in [-0.3, -0.25) is 0 Å². The Kier molecular flexibility index (Phi) is 4.27. The van der Waals surface area contributed by atoms with Crippen molar-refractivity contribution in [2.24, 2.45) is 0 Å². The standard InChI is InChI=1S/C14H16F2N2O/c1-9(2)17-6-5-14-18-8-13(19-14)10-3-4-11(15)12(16)7-10/h3-4,7-9,17H,5-6H2,1-2H3. The molecule has 0 aliphatic heterocycles. The fraction of sp³-hybridized carbons (Fsp3) is 0.357. The van der Waals surface area contributed by atoms with E-state index >= 15 is 0 Å². The van der Waals surface area contributed by atoms with E-state index in [-0.39, 0.29) is 0 Å². The number of aromatic nitrogens is 1. The van der Waals surface area contributed by atoms with E-state index < -0.39 is 11.6 Å². The first-order valence-corrected chi connectivity index (χ1v) is 6.20. The summed E-state index contributed by atoms with van der Waals surface area (Å²) in [5, 5.41) is 3.25. The summed E-state index contributed by atoms with van der Waals surface area (Å²) in [7, 11) is 0. The van der Waals surface area contributed by atoms with Crippen LogP contribution in [-0.2, 0) is 6.42 Å². The van der Waals surface area contributed by atoms with E-state index in [0.717, 1.165) is 18.7 Å². The molecule has 102 valence electrons. The highest BCUT2D eigenvalue weighted by molar-refractivity contribution is 5.56. The van der Waals surface area contributed by atoms with Crippen LogP contribution in [0.5, 0.6) is 0 Å². The average Bonchev–Trinajstić information content (AvgIpc) is 2.81. The monoisotopic (exact) mass is 266 g/mol. The zero-order valence-corrected chi connectivity index (χ0v) is 10.9. The van der Waals surface area contributed by atoms with Gasteiger partial charge in [-0.25, -0.2) is 13.8 Å². The molecular formula is C14H16F2N2O. The minimum atomic E-state index is -0.892. The van der Waals surface area contributed by atoms with Crippen molar-refractivity contribution in [3.8, 4) is 11.3 Å². The molecule has 0 saturated heterocycles. The normalized spacial score (nSPS) is 11.2. The summed E-state index contributed by atoms with van der Waals surface area (Å²) < 4.78 is 31.5. The number of benzene rings is 1. The first-order chi connectivity index (χ1) is 9.06. The lowest BCUT2D eigenvalue weighted by molar-refractivity contribution is 0.483. The molecule has 0 saturated carbocycles. The Bertz CT molecular complexity index is 552. The van der Waals surface area contributed by atoms with Crippen molar-refractivity contribution in [3.63, 3.8) is 0 Å². The Hall–Kier alpha value is -1.75. The molecule has 1 aromatic carbocycles. The Morgan fingerprint density at radius 2 is 2.05 bits per heavy atom. The summed E-state index contributed by atoms with van der Waals surface area (Å²) >= 11 is 0. The van der Waals surface area contributed by atoms with E-state index in [1.54, 1.807) is 0 Å². The zero-order chi connectivity index (χ0) is 13.8. The van der Waals surface area contributed by atoms with Gasteiger partial charge >= 0.3 is 0 Å². The fourth-order valence-electron chi connectivity index (χ4n) is 1.68. The first kappa shape index (κ1) is 13.7. The van der Waals surface area contributed by atoms with Crippen LogP contribution in [-0.4, -0.2) is 17.6 Å². The van der Waals surface area contributed by atoms with Gasteiger partial charge in [0, 0.05) is 24.6 Å². The van der Waals surface area contributed by atoms with Crippen molar-refractivity contribution in [1.82, 2.24) is 10.3 Å². The second kappa shape index (κ2) is 5.93. The quantitative estimate of drug-likeness (QED) is 0.903. The van der Waals surface area contributed by atoms with E-state index in [0.29, 0.717) is 29.7 Å². The maximum Gasteiger partial charge on any atom is 0.196 e. The van der Waals surface area contributed by atoms with Crippen LogP contribution in [0.2, 0.25) is 0 Å². The lowest BCUT2D eigenvalue weighted by Gasteiger charge is -2.05. The van der Waals surface area contributed by atoms with Crippen molar-refractivity contribution < 1.29 is 13.2 Å². The second-order valence-corrected chi connectivity index (χ2v) is 4.61. The molecule has 1 aromatic heterocycles. The maximum atomic E-state index is 13.1. The summed E-state index contributed by atoms with van der Waals surface area (Å²) in [6, 6.07) is 4.05. The van der Waals surface area contributed by atoms with Gasteiger partial charge in [0.25, 0.3) is 0 Å². The molecule has 2 rings (SSSR count). The number of hydrogen-bond acceptors (Lipinski definition) is 3. The summed E-state index contributed by atoms with van der Waals surface area (Å²) in [4.78, 5) is 4.12. The molecule has 2 aromatic rings. The van der Waals surface area contributed by atoms with Crippen LogP contribution >= 0.6 is 0 Å². The van der Waals surface area contributed by atoms with E-state index in [1.165, 1.54) is 12.3 Å². The lowest BCUT2D eigenvalue weighted by atomic mass is 10.2. The van der Waals surface area contributed by atoms with E-state index in [9.17, 15) is 8.78 Å². The molecule has 0 radical (unpaired) electrons. The minimum absolute atomic E-state index is 0.403. The predicted octanol–water partition coefficient (Wildman–Crippen LogP) is 3.16. The molecule has 0 amide bonds. The average molecular weight is 266 g/mol. The van der Waals surface area contributed by atoms with E-state index in [4.69, 9.17) is 4.42 Å². The van der Waals surface area contributed by atoms with Crippen molar-refractivity contribution in [3.05, 3.63) is 41.9 Å². The van der Waals surface area contributed by atoms with Gasteiger partial charge in [0.05, 0.1) is 6.20 Å². The van der Waals surface area contributed by atoms with Gasteiger partial charge in [-0.05, 0) is 18.2 Å². The Morgan fingerprint density at radius 1 is 1.26 bits per heavy atom. The van der Waals surface area contributed by atoms with Gasteiger partial charge in [-0.15, -0.1) is 0 Å². The topological polar surface area (TPSA) is 38.1 Å². The van der Waals surface area contributed by atoms with Crippen LogP contribution in [0.15, 0.2) is 28.8 Å². The highest BCUT2D eigenvalue weighted by Crippen LogP contribution is 2.22. The highest BCUT2D eigenvalue weighted by atomic mass is 19.2. The third-order valence-electron chi connectivity index (χ3n) is 2.65. The van der Waals surface area contributed by atoms with Gasteiger partial charge in [-0.1, -0.05) is 13.8 Å². The molecule has 0 atom stereocenters. The third-order valence-corrected chi connectivity index (χ3v) is 2.65. The molecule has 1 heterocycles. The molecule has 5 heteroatoms. The van der Waals surface area contributed by atoms with Crippen molar-refractivity contribution in [2.75, 3.05) is 6.54 Å². The Labute approximate surface area is 110 Å². The summed E-state index contributed by atoms with van der Waals surface area (Å²) in [6.07, 6.45) is 2.18. The van der Waals surface area contributed by atoms with Crippen LogP contribution in [0.1, 0.15) is 19.7 Å². The van der Waals surface area contributed by atoms with Gasteiger partial charge < -0.3 is 9.73 Å². The molecule has 0 aliphatic rings. The predicted molar refractivity (Wildman–Crippen MR) is 68.7 cm³/mol. The van der Waals surface area contributed by atoms with Gasteiger partial charge in [0.1, 0.15) is 0 Å². The van der Waals surface area contributed by atoms with Crippen LogP contribution in [0, 0.1) is 11.6 Å². The van der Waals surface area contributed by atoms with Crippen molar-refractivity contribution in [2.45, 2.75) is 26.3 Å². The van der Waals surface area contributed by atoms with Crippen molar-refractivity contribution >= 4 is 0 Å².